The average molecular weight is 748 g/mol. The Hall–Kier alpha value is -4.57. The summed E-state index contributed by atoms with van der Waals surface area (Å²) >= 11 is 10.2. The van der Waals surface area contributed by atoms with Gasteiger partial charge in [0, 0.05) is 28.2 Å². The van der Waals surface area contributed by atoms with Crippen LogP contribution in [0.1, 0.15) is 41.3 Å². The number of aromatic nitrogens is 3. The molecule has 7 rings (SSSR count). The normalized spacial score (nSPS) is 20.1. The molecule has 1 aliphatic carbocycles. The number of anilines is 1. The lowest BCUT2D eigenvalue weighted by Gasteiger charge is -2.49. The maximum Gasteiger partial charge on any atom is 0.356 e. The van der Waals surface area contributed by atoms with Gasteiger partial charge in [-0.05, 0) is 30.0 Å². The van der Waals surface area contributed by atoms with Crippen molar-refractivity contribution in [3.05, 3.63) is 123 Å². The van der Waals surface area contributed by atoms with E-state index in [0.29, 0.717) is 22.8 Å². The third kappa shape index (κ3) is 7.17. The summed E-state index contributed by atoms with van der Waals surface area (Å²) < 4.78 is 6.41. The molecule has 0 spiro atoms. The average Bonchev–Trinajstić information content (AvgIpc) is 3.92. The Morgan fingerprint density at radius 3 is 2.52 bits per heavy atom. The number of carbonyl (C=O) groups excluding carboxylic acids is 3. The van der Waals surface area contributed by atoms with Crippen LogP contribution >= 0.6 is 46.5 Å². The van der Waals surface area contributed by atoms with Gasteiger partial charge in [0.1, 0.15) is 33.2 Å². The minimum absolute atomic E-state index is 0.0588. The minimum Gasteiger partial charge on any atom is -0.448 e. The molecule has 1 unspecified atom stereocenters. The van der Waals surface area contributed by atoms with Crippen molar-refractivity contribution in [1.29, 1.82) is 0 Å². The molecule has 2 aliphatic heterocycles. The fraction of sp³-hybridized carbons (Fsp3) is 0.235. The lowest BCUT2D eigenvalue weighted by Crippen LogP contribution is -2.71. The van der Waals surface area contributed by atoms with Gasteiger partial charge in [-0.1, -0.05) is 94.8 Å². The van der Waals surface area contributed by atoms with E-state index in [1.54, 1.807) is 12.4 Å². The second-order valence-corrected chi connectivity index (χ2v) is 15.2. The van der Waals surface area contributed by atoms with Crippen LogP contribution in [-0.4, -0.2) is 66.8 Å². The number of nitrogens with one attached hydrogen (secondary N) is 2. The van der Waals surface area contributed by atoms with Crippen LogP contribution in [0.4, 0.5) is 5.13 Å². The van der Waals surface area contributed by atoms with Crippen LogP contribution in [0.3, 0.4) is 0 Å². The smallest absolute Gasteiger partial charge is 0.356 e. The number of oxime groups is 1. The van der Waals surface area contributed by atoms with E-state index < -0.39 is 35.3 Å². The number of aromatic amines is 1. The summed E-state index contributed by atoms with van der Waals surface area (Å²) in [6.45, 7) is 0. The van der Waals surface area contributed by atoms with Gasteiger partial charge in [-0.25, -0.2) is 9.78 Å². The summed E-state index contributed by atoms with van der Waals surface area (Å²) in [4.78, 5) is 53.8. The first-order chi connectivity index (χ1) is 24.4. The fourth-order valence-corrected chi connectivity index (χ4v) is 9.12. The van der Waals surface area contributed by atoms with Crippen molar-refractivity contribution in [3.8, 4) is 0 Å². The van der Waals surface area contributed by atoms with Crippen LogP contribution in [0.25, 0.3) is 0 Å². The van der Waals surface area contributed by atoms with Crippen molar-refractivity contribution in [2.24, 2.45) is 5.16 Å². The number of nitrogen functional groups attached to an aromatic ring is 1. The lowest BCUT2D eigenvalue weighted by atomic mass is 10.0. The second kappa shape index (κ2) is 15.1. The third-order valence-corrected chi connectivity index (χ3v) is 11.8. The predicted octanol–water partition coefficient (Wildman–Crippen LogP) is 5.42. The number of esters is 1. The summed E-state index contributed by atoms with van der Waals surface area (Å²) in [5.74, 6) is -0.903. The molecule has 2 aromatic heterocycles. The Labute approximate surface area is 304 Å². The van der Waals surface area contributed by atoms with Crippen molar-refractivity contribution >= 4 is 75.1 Å². The van der Waals surface area contributed by atoms with E-state index >= 15 is 0 Å². The van der Waals surface area contributed by atoms with Crippen LogP contribution < -0.4 is 11.1 Å². The molecule has 0 bridgehead atoms. The van der Waals surface area contributed by atoms with E-state index in [4.69, 9.17) is 26.9 Å². The standard InChI is InChI=1S/C34H30ClN7O5S3/c35-29-24(40-34(36)50-29)25(41-47-22-13-7-8-14-22)30(43)39-26-31(44)42-27(23(18-49-32(26)42)48-17-19-15-37-38-16-19)33(45)46-28(20-9-3-1-4-10-20)21-11-5-2-6-12-21/h1-7,9-13,15-16,22,26,28,32H,8,14,17-18H2,(H2,36,40)(H,37,38)(H,39,43)/b41-25+/t22?,26-,32-/m1/s1. The summed E-state index contributed by atoms with van der Waals surface area (Å²) in [6, 6.07) is 17.9. The Bertz CT molecular complexity index is 1930. The third-order valence-electron chi connectivity index (χ3n) is 8.10. The van der Waals surface area contributed by atoms with E-state index in [1.807, 2.05) is 72.8 Å². The van der Waals surface area contributed by atoms with Gasteiger partial charge in [0.2, 0.25) is 0 Å². The molecule has 2 aromatic carbocycles. The highest BCUT2D eigenvalue weighted by atomic mass is 35.5. The monoisotopic (exact) mass is 747 g/mol. The number of H-pyrrole nitrogens is 1. The molecule has 1 fully saturated rings. The molecule has 50 heavy (non-hydrogen) atoms. The maximum absolute atomic E-state index is 14.3. The summed E-state index contributed by atoms with van der Waals surface area (Å²) in [5.41, 5.74) is 8.37. The van der Waals surface area contributed by atoms with Crippen molar-refractivity contribution in [3.63, 3.8) is 0 Å². The number of thioether (sulfide) groups is 2. The number of nitrogens with zero attached hydrogens (tertiary/aromatic N) is 4. The van der Waals surface area contributed by atoms with Gasteiger partial charge in [-0.3, -0.25) is 19.6 Å². The molecule has 4 N–H and O–H groups in total. The molecule has 4 heterocycles. The highest BCUT2D eigenvalue weighted by molar-refractivity contribution is 8.05. The first kappa shape index (κ1) is 33.9. The van der Waals surface area contributed by atoms with E-state index in [-0.39, 0.29) is 32.7 Å². The first-order valence-corrected chi connectivity index (χ1v) is 18.8. The zero-order valence-corrected chi connectivity index (χ0v) is 29.4. The number of allylic oxidation sites excluding steroid dienone is 1. The summed E-state index contributed by atoms with van der Waals surface area (Å²) in [7, 11) is 0. The Morgan fingerprint density at radius 1 is 1.16 bits per heavy atom. The van der Waals surface area contributed by atoms with Crippen LogP contribution in [0.2, 0.25) is 4.34 Å². The number of nitrogens with two attached hydrogens (primary N) is 1. The second-order valence-electron chi connectivity index (χ2n) is 11.4. The topological polar surface area (TPSA) is 165 Å². The maximum atomic E-state index is 14.3. The SMILES string of the molecule is Nc1nc(/C(=N\OC2C=CCC2)C(=O)N[C@@H]2C(=O)N3C(C(=O)OC(c4ccccc4)c4ccccc4)=C(SCc4cn[nH]c4)CS[C@H]23)c(Cl)s1. The fourth-order valence-electron chi connectivity index (χ4n) is 5.64. The van der Waals surface area contributed by atoms with Gasteiger partial charge < -0.3 is 20.6 Å². The Balaban J connectivity index is 1.16. The molecule has 0 radical (unpaired) electrons. The largest absolute Gasteiger partial charge is 0.448 e. The van der Waals surface area contributed by atoms with Crippen LogP contribution in [-0.2, 0) is 29.7 Å². The number of fused-ring (bicyclic) bond motifs is 1. The van der Waals surface area contributed by atoms with E-state index in [1.165, 1.54) is 28.4 Å². The van der Waals surface area contributed by atoms with Gasteiger partial charge in [0.15, 0.2) is 16.9 Å². The van der Waals surface area contributed by atoms with Crippen molar-refractivity contribution in [2.75, 3.05) is 11.5 Å². The highest BCUT2D eigenvalue weighted by Gasteiger charge is 2.55. The number of halogens is 1. The van der Waals surface area contributed by atoms with Crippen molar-refractivity contribution < 1.29 is 24.0 Å². The Morgan fingerprint density at radius 2 is 1.90 bits per heavy atom. The molecule has 2 amide bonds. The molecule has 4 aromatic rings. The Kier molecular flexibility index (Phi) is 10.3. The van der Waals surface area contributed by atoms with Gasteiger partial charge in [-0.15, -0.1) is 23.5 Å². The molecule has 256 valence electrons. The predicted molar refractivity (Wildman–Crippen MR) is 194 cm³/mol. The van der Waals surface area contributed by atoms with Crippen LogP contribution in [0, 0.1) is 0 Å². The summed E-state index contributed by atoms with van der Waals surface area (Å²) in [5, 5.41) is 13.3. The molecule has 12 nitrogen and oxygen atoms in total. The van der Waals surface area contributed by atoms with Gasteiger partial charge >= 0.3 is 5.97 Å². The number of amides is 2. The molecule has 16 heteroatoms. The molecular weight excluding hydrogens is 718 g/mol. The molecule has 0 saturated carbocycles. The molecular formula is C34H30ClN7O5S3. The van der Waals surface area contributed by atoms with E-state index in [2.05, 4.69) is 25.7 Å². The number of thiazole rings is 1. The molecule has 3 atom stereocenters. The van der Waals surface area contributed by atoms with Gasteiger partial charge in [0.05, 0.1) is 6.20 Å². The number of carbonyl (C=O) groups is 3. The zero-order chi connectivity index (χ0) is 34.6. The first-order valence-electron chi connectivity index (χ1n) is 15.6. The van der Waals surface area contributed by atoms with Crippen LogP contribution in [0.15, 0.2) is 101 Å². The number of rotatable bonds is 12. The zero-order valence-electron chi connectivity index (χ0n) is 26.2. The van der Waals surface area contributed by atoms with Gasteiger partial charge in [0.25, 0.3) is 11.8 Å². The summed E-state index contributed by atoms with van der Waals surface area (Å²) in [6.07, 6.45) is 7.82. The van der Waals surface area contributed by atoms with Gasteiger partial charge in [-0.2, -0.15) is 5.10 Å². The van der Waals surface area contributed by atoms with Crippen molar-refractivity contribution in [1.82, 2.24) is 25.4 Å². The number of ether oxygens (including phenoxy) is 1. The molecule has 1 saturated heterocycles. The number of hydrogen-bond donors (Lipinski definition) is 3. The van der Waals surface area contributed by atoms with E-state index in [0.717, 1.165) is 34.4 Å². The highest BCUT2D eigenvalue weighted by Crippen LogP contribution is 2.45. The number of benzene rings is 2. The number of β-lactam (4-membered cyclic amide) rings is 1. The van der Waals surface area contributed by atoms with E-state index in [9.17, 15) is 14.4 Å². The molecule has 3 aliphatic rings. The quantitative estimate of drug-likeness (QED) is 0.0561. The van der Waals surface area contributed by atoms with Crippen molar-refractivity contribution in [2.45, 2.75) is 42.2 Å². The number of hydrogen-bond acceptors (Lipinski definition) is 12. The van der Waals surface area contributed by atoms with Crippen LogP contribution in [0.5, 0.6) is 0 Å². The lowest BCUT2D eigenvalue weighted by molar-refractivity contribution is -0.154. The minimum atomic E-state index is -0.971.